The fourth-order valence-corrected chi connectivity index (χ4v) is 18.7. The highest BCUT2D eigenvalue weighted by molar-refractivity contribution is 7.64. The van der Waals surface area contributed by atoms with Crippen molar-refractivity contribution in [2.45, 2.75) is 172 Å². The van der Waals surface area contributed by atoms with Gasteiger partial charge in [0.2, 0.25) is 0 Å². The van der Waals surface area contributed by atoms with Crippen LogP contribution in [0, 0.1) is 35.5 Å². The summed E-state index contributed by atoms with van der Waals surface area (Å²) in [4.78, 5) is 0. The van der Waals surface area contributed by atoms with E-state index < -0.39 is 112 Å². The third-order valence-electron chi connectivity index (χ3n) is 16.0. The number of hydrogen-bond donors (Lipinski definition) is 0. The Morgan fingerprint density at radius 3 is 0.859 bits per heavy atom. The highest BCUT2D eigenvalue weighted by Crippen LogP contribution is 2.57. The standard InChI is InChI=1S/2C16H29BO7P2.C15H27BO8P2/c2*1-9-12-7-20-26(6,18)24-15-10(2)16(17)22-13(15)8-19-25(4,5)23-14(9)11(3)21-12;1-8-10(3)21-11-6-19-26(5,18)24-14-9(2)15(16)22-12(14)7-20-25(4,17)23-13(8)11/h2*9-16H,4,7-8H2,1-3,5-6H3;8-15H,6-7H2,1-5H3/t2*9-,10-,11+,12-,13-,14-,15+,16-,25?,26?;8-,9+,10-,11+,12+,13-,14-,15+,25?,26?/m110/s1. The Bertz CT molecular complexity index is 2180. The van der Waals surface area contributed by atoms with Gasteiger partial charge in [-0.1, -0.05) is 54.1 Å². The van der Waals surface area contributed by atoms with E-state index in [1.165, 1.54) is 26.7 Å². The van der Waals surface area contributed by atoms with Gasteiger partial charge in [-0.3, -0.25) is 18.3 Å². The zero-order chi connectivity index (χ0) is 57.8. The molecule has 9 heterocycles. The van der Waals surface area contributed by atoms with Gasteiger partial charge >= 0.3 is 30.4 Å². The smallest absolute Gasteiger partial charge is 0.328 e. The van der Waals surface area contributed by atoms with Crippen molar-refractivity contribution < 1.29 is 101 Å². The van der Waals surface area contributed by atoms with E-state index in [1.54, 1.807) is 0 Å². The maximum atomic E-state index is 12.9. The summed E-state index contributed by atoms with van der Waals surface area (Å²) in [6.07, 6.45) is 3.00. The van der Waals surface area contributed by atoms with Crippen molar-refractivity contribution in [1.82, 2.24) is 0 Å². The Morgan fingerprint density at radius 2 is 0.551 bits per heavy atom. The molecule has 0 aromatic rings. The lowest BCUT2D eigenvalue weighted by molar-refractivity contribution is -0.0316. The summed E-state index contributed by atoms with van der Waals surface area (Å²) in [6, 6.07) is -1.63. The predicted octanol–water partition coefficient (Wildman–Crippen LogP) is 7.38. The van der Waals surface area contributed by atoms with Crippen molar-refractivity contribution in [3.05, 3.63) is 0 Å². The van der Waals surface area contributed by atoms with Crippen LogP contribution in [0.5, 0.6) is 0 Å². The number of fused-ring (bicyclic) bond motifs is 8. The Labute approximate surface area is 467 Å². The van der Waals surface area contributed by atoms with Crippen molar-refractivity contribution in [1.29, 1.82) is 0 Å². The summed E-state index contributed by atoms with van der Waals surface area (Å²) >= 11 is 0. The van der Waals surface area contributed by atoms with E-state index in [0.29, 0.717) is 0 Å². The predicted molar refractivity (Wildman–Crippen MR) is 300 cm³/mol. The van der Waals surface area contributed by atoms with Crippen molar-refractivity contribution in [3.8, 4) is 0 Å². The summed E-state index contributed by atoms with van der Waals surface area (Å²) in [5.41, 5.74) is 0. The minimum Gasteiger partial charge on any atom is -0.379 e. The van der Waals surface area contributed by atoms with Gasteiger partial charge in [0.05, 0.1) is 101 Å². The minimum absolute atomic E-state index is 0.00576. The molecule has 30 atom stereocenters. The van der Waals surface area contributed by atoms with Crippen LogP contribution < -0.4 is 0 Å². The topological polar surface area (TPSA) is 234 Å². The van der Waals surface area contributed by atoms with E-state index >= 15 is 0 Å². The average Bonchev–Trinajstić information content (AvgIpc) is 4.13. The lowest BCUT2D eigenvalue weighted by Crippen LogP contribution is -2.35. The van der Waals surface area contributed by atoms with Crippen LogP contribution in [0.3, 0.4) is 0 Å². The second-order valence-corrected chi connectivity index (χ2v) is 36.1. The monoisotopic (exact) mass is 1220 g/mol. The Hall–Kier alpha value is 0.995. The largest absolute Gasteiger partial charge is 0.379 e. The third-order valence-corrected chi connectivity index (χ3v) is 23.7. The first-order valence-corrected chi connectivity index (χ1v) is 39.3. The van der Waals surface area contributed by atoms with E-state index in [2.05, 4.69) is 12.6 Å². The van der Waals surface area contributed by atoms with Crippen LogP contribution in [-0.4, -0.2) is 225 Å². The van der Waals surface area contributed by atoms with Crippen LogP contribution in [0.25, 0.3) is 0 Å². The molecule has 6 radical (unpaired) electrons. The fourth-order valence-electron chi connectivity index (χ4n) is 10.9. The van der Waals surface area contributed by atoms with E-state index in [1.807, 2.05) is 75.6 Å². The molecule has 0 amide bonds. The molecule has 9 aliphatic heterocycles. The van der Waals surface area contributed by atoms with Crippen LogP contribution in [0.2, 0.25) is 0 Å². The Kier molecular flexibility index (Phi) is 22.3. The Balaban J connectivity index is 0.000000170. The Morgan fingerprint density at radius 1 is 0.308 bits per heavy atom. The van der Waals surface area contributed by atoms with Crippen LogP contribution >= 0.6 is 45.1 Å². The molecule has 0 N–H and O–H groups in total. The molecule has 0 spiro atoms. The maximum absolute atomic E-state index is 12.9. The molecule has 4 bridgehead atoms. The van der Waals surface area contributed by atoms with Crippen LogP contribution in [0.4, 0.5) is 0 Å². The summed E-state index contributed by atoms with van der Waals surface area (Å²) in [5.74, 6) is -0.433. The first-order chi connectivity index (χ1) is 36.0. The molecule has 22 nitrogen and oxygen atoms in total. The quantitative estimate of drug-likeness (QED) is 0.170. The molecule has 9 saturated heterocycles. The van der Waals surface area contributed by atoms with Gasteiger partial charge in [-0.15, -0.1) is 0 Å². The molecule has 0 aromatic carbocycles. The molecule has 444 valence electrons. The molecule has 9 fully saturated rings. The van der Waals surface area contributed by atoms with Gasteiger partial charge in [0.15, 0.2) is 0 Å². The van der Waals surface area contributed by atoms with Gasteiger partial charge in [-0.25, -0.2) is 0 Å². The molecule has 0 saturated carbocycles. The van der Waals surface area contributed by atoms with Gasteiger partial charge in [0, 0.05) is 93.5 Å². The van der Waals surface area contributed by atoms with Crippen molar-refractivity contribution >= 4 is 81.2 Å². The zero-order valence-electron chi connectivity index (χ0n) is 47.9. The first kappa shape index (κ1) is 66.5. The molecule has 6 unspecified atom stereocenters. The summed E-state index contributed by atoms with van der Waals surface area (Å²) in [5, 5.41) is 0. The highest BCUT2D eigenvalue weighted by atomic mass is 31.2. The van der Waals surface area contributed by atoms with E-state index in [4.69, 9.17) is 106 Å². The number of hydrogen-bond acceptors (Lipinski definition) is 22. The molecule has 78 heavy (non-hydrogen) atoms. The molecule has 9 aliphatic rings. The normalized spacial score (nSPS) is 56.2. The highest BCUT2D eigenvalue weighted by Gasteiger charge is 2.51. The lowest BCUT2D eigenvalue weighted by Gasteiger charge is -2.30. The van der Waals surface area contributed by atoms with Crippen molar-refractivity contribution in [3.63, 3.8) is 0 Å². The van der Waals surface area contributed by atoms with Gasteiger partial charge in [0.1, 0.15) is 68.7 Å². The number of ether oxygens (including phenoxy) is 6. The molecule has 0 aliphatic carbocycles. The summed E-state index contributed by atoms with van der Waals surface area (Å²) in [7, 11) is -0.168. The van der Waals surface area contributed by atoms with Gasteiger partial charge in [-0.2, -0.15) is 0 Å². The van der Waals surface area contributed by atoms with Crippen LogP contribution in [0.1, 0.15) is 62.3 Å². The SMILES string of the molecule is [B][C@@H]1O[C@@H]2COP(=C)(C)O[C@@H]3[C@H](C)[C@@H](COP(C)(=O)O[C@H]2[C@H]1C)O[C@H]3C.[B][C@@H]1O[C@@H]2COP(=C)(C)O[C@@H]3[C@H](C)[C@@H](COP(C)(=O)O[C@H]2[C@H]1C)O[C@H]3C.[B][C@@H]1O[C@@H]2COP(C)(=O)O[C@H]3[C@@H](C)[C@H](C)O[C@@H]3COP(C)(=O)O[C@H]2[C@H]1C. The maximum Gasteiger partial charge on any atom is 0.328 e. The average molecular weight is 1220 g/mol. The van der Waals surface area contributed by atoms with Crippen molar-refractivity contribution in [2.24, 2.45) is 35.5 Å². The van der Waals surface area contributed by atoms with Crippen molar-refractivity contribution in [2.75, 3.05) is 79.6 Å². The molecule has 9 rings (SSSR count). The zero-order valence-corrected chi connectivity index (χ0v) is 53.3. The van der Waals surface area contributed by atoms with Gasteiger partial charge < -0.3 is 82.7 Å². The van der Waals surface area contributed by atoms with E-state index in [9.17, 15) is 18.3 Å². The van der Waals surface area contributed by atoms with Crippen LogP contribution in [-0.2, 0) is 101 Å². The molecule has 31 heteroatoms. The second-order valence-electron chi connectivity index (χ2n) is 23.0. The fraction of sp³-hybridized carbons (Fsp3) is 0.957. The number of rotatable bonds is 0. The van der Waals surface area contributed by atoms with Crippen LogP contribution in [0.15, 0.2) is 0 Å². The summed E-state index contributed by atoms with van der Waals surface area (Å²) < 4.78 is 156. The van der Waals surface area contributed by atoms with Gasteiger partial charge in [-0.05, 0) is 20.8 Å². The molecular weight excluding hydrogens is 1130 g/mol. The lowest BCUT2D eigenvalue weighted by atomic mass is 9.86. The van der Waals surface area contributed by atoms with E-state index in [0.717, 1.165) is 0 Å². The molecular formula is C47H85B3O22P6. The second kappa shape index (κ2) is 26.1. The summed E-state index contributed by atoms with van der Waals surface area (Å²) in [6.45, 7) is 27.7. The van der Waals surface area contributed by atoms with E-state index in [-0.39, 0.29) is 118 Å². The first-order valence-electron chi connectivity index (χ1n) is 26.9. The third kappa shape index (κ3) is 16.7. The van der Waals surface area contributed by atoms with Gasteiger partial charge in [0.25, 0.3) is 0 Å². The molecule has 0 aromatic heterocycles. The minimum atomic E-state index is -3.39.